The summed E-state index contributed by atoms with van der Waals surface area (Å²) in [5.74, 6) is 1.46. The van der Waals surface area contributed by atoms with E-state index in [9.17, 15) is 0 Å². The normalized spacial score (nSPS) is 13.9. The van der Waals surface area contributed by atoms with Crippen molar-refractivity contribution < 1.29 is 0 Å². The second-order valence-electron chi connectivity index (χ2n) is 7.89. The SMILES string of the molecule is C=C(Nc1cc2cc(-c3cncn3C)ccc2cn1)c1ccnc(CC2CNC2)c1. The number of fused-ring (bicyclic) bond motifs is 1. The number of hydrogen-bond donors (Lipinski definition) is 2. The van der Waals surface area contributed by atoms with Crippen molar-refractivity contribution in [2.45, 2.75) is 6.42 Å². The van der Waals surface area contributed by atoms with E-state index in [1.54, 1.807) is 0 Å². The van der Waals surface area contributed by atoms with Crippen molar-refractivity contribution in [2.75, 3.05) is 18.4 Å². The Morgan fingerprint density at radius 1 is 1.13 bits per heavy atom. The molecule has 6 nitrogen and oxygen atoms in total. The Morgan fingerprint density at radius 2 is 2.03 bits per heavy atom. The second-order valence-corrected chi connectivity index (χ2v) is 7.89. The number of pyridine rings is 2. The first kappa shape index (κ1) is 18.5. The van der Waals surface area contributed by atoms with Crippen LogP contribution in [-0.2, 0) is 13.5 Å². The summed E-state index contributed by atoms with van der Waals surface area (Å²) in [5, 5.41) is 8.88. The molecule has 0 bridgehead atoms. The number of nitrogens with zero attached hydrogens (tertiary/aromatic N) is 4. The molecule has 0 saturated carbocycles. The highest BCUT2D eigenvalue weighted by molar-refractivity contribution is 5.89. The molecule has 4 aromatic rings. The van der Waals surface area contributed by atoms with Gasteiger partial charge in [0.1, 0.15) is 5.82 Å². The van der Waals surface area contributed by atoms with Gasteiger partial charge in [0.05, 0.1) is 18.2 Å². The molecule has 0 aliphatic carbocycles. The minimum Gasteiger partial charge on any atom is -0.340 e. The van der Waals surface area contributed by atoms with Gasteiger partial charge in [0, 0.05) is 47.3 Å². The van der Waals surface area contributed by atoms with Gasteiger partial charge in [-0.15, -0.1) is 0 Å². The fourth-order valence-corrected chi connectivity index (χ4v) is 3.80. The Bertz CT molecular complexity index is 1220. The maximum absolute atomic E-state index is 4.56. The van der Waals surface area contributed by atoms with Gasteiger partial charge in [0.2, 0.25) is 0 Å². The lowest BCUT2D eigenvalue weighted by atomic mass is 9.96. The van der Waals surface area contributed by atoms with Crippen molar-refractivity contribution in [1.82, 2.24) is 24.8 Å². The molecule has 1 aliphatic heterocycles. The average Bonchev–Trinajstić information content (AvgIpc) is 3.16. The van der Waals surface area contributed by atoms with Gasteiger partial charge in [-0.3, -0.25) is 4.98 Å². The molecule has 30 heavy (non-hydrogen) atoms. The van der Waals surface area contributed by atoms with Gasteiger partial charge in [-0.1, -0.05) is 18.7 Å². The van der Waals surface area contributed by atoms with Crippen LogP contribution in [0.4, 0.5) is 5.82 Å². The molecular formula is C24H24N6. The fourth-order valence-electron chi connectivity index (χ4n) is 3.80. The lowest BCUT2D eigenvalue weighted by molar-refractivity contribution is 0.344. The van der Waals surface area contributed by atoms with Gasteiger partial charge < -0.3 is 15.2 Å². The lowest BCUT2D eigenvalue weighted by Crippen LogP contribution is -2.43. The Morgan fingerprint density at radius 3 is 2.80 bits per heavy atom. The van der Waals surface area contributed by atoms with Crippen LogP contribution in [0, 0.1) is 5.92 Å². The van der Waals surface area contributed by atoms with E-state index in [0.29, 0.717) is 5.92 Å². The Kier molecular flexibility index (Phi) is 4.77. The van der Waals surface area contributed by atoms with Crippen LogP contribution in [0.2, 0.25) is 0 Å². The maximum atomic E-state index is 4.56. The molecule has 1 aromatic carbocycles. The zero-order chi connectivity index (χ0) is 20.5. The molecule has 5 rings (SSSR count). The Balaban J connectivity index is 1.37. The fraction of sp³-hybridized carbons (Fsp3) is 0.208. The summed E-state index contributed by atoms with van der Waals surface area (Å²) in [5.41, 5.74) is 5.17. The molecule has 0 spiro atoms. The topological polar surface area (TPSA) is 67.7 Å². The third kappa shape index (κ3) is 3.69. The highest BCUT2D eigenvalue weighted by Crippen LogP contribution is 2.26. The number of hydrogen-bond acceptors (Lipinski definition) is 5. The molecular weight excluding hydrogens is 372 g/mol. The standard InChI is InChI=1S/C24H24N6/c1-16(18-5-6-27-22(9-18)7-17-11-25-12-17)29-24-10-21-8-19(3-4-20(21)13-28-24)23-14-26-15-30(23)2/h3-6,8-10,13-15,17,25H,1,7,11-12H2,2H3,(H,28,29). The summed E-state index contributed by atoms with van der Waals surface area (Å²) < 4.78 is 2.02. The number of rotatable bonds is 6. The van der Waals surface area contributed by atoms with Crippen LogP contribution in [0.25, 0.3) is 27.7 Å². The molecule has 0 radical (unpaired) electrons. The molecule has 1 aliphatic rings. The Labute approximate surface area is 175 Å². The highest BCUT2D eigenvalue weighted by atomic mass is 15.0. The molecule has 150 valence electrons. The van der Waals surface area contributed by atoms with E-state index in [4.69, 9.17) is 0 Å². The Hall–Kier alpha value is -3.51. The first-order valence-electron chi connectivity index (χ1n) is 10.1. The van der Waals surface area contributed by atoms with Crippen LogP contribution in [0.3, 0.4) is 0 Å². The zero-order valence-corrected chi connectivity index (χ0v) is 17.0. The van der Waals surface area contributed by atoms with E-state index >= 15 is 0 Å². The van der Waals surface area contributed by atoms with E-state index in [0.717, 1.165) is 64.3 Å². The van der Waals surface area contributed by atoms with Crippen molar-refractivity contribution in [3.63, 3.8) is 0 Å². The van der Waals surface area contributed by atoms with Crippen LogP contribution in [0.1, 0.15) is 11.3 Å². The number of anilines is 1. The van der Waals surface area contributed by atoms with Crippen molar-refractivity contribution in [3.8, 4) is 11.3 Å². The monoisotopic (exact) mass is 396 g/mol. The number of aryl methyl sites for hydroxylation is 1. The van der Waals surface area contributed by atoms with E-state index in [1.807, 2.05) is 42.6 Å². The number of imidazole rings is 1. The first-order chi connectivity index (χ1) is 14.7. The quantitative estimate of drug-likeness (QED) is 0.518. The zero-order valence-electron chi connectivity index (χ0n) is 17.0. The molecule has 2 N–H and O–H groups in total. The highest BCUT2D eigenvalue weighted by Gasteiger charge is 2.17. The summed E-state index contributed by atoms with van der Waals surface area (Å²) in [7, 11) is 2.00. The summed E-state index contributed by atoms with van der Waals surface area (Å²) in [4.78, 5) is 13.3. The van der Waals surface area contributed by atoms with Crippen LogP contribution >= 0.6 is 0 Å². The molecule has 4 heterocycles. The average molecular weight is 396 g/mol. The summed E-state index contributed by atoms with van der Waals surface area (Å²) in [6.07, 6.45) is 8.44. The molecule has 0 atom stereocenters. The van der Waals surface area contributed by atoms with Gasteiger partial charge in [-0.25, -0.2) is 9.97 Å². The van der Waals surface area contributed by atoms with Crippen LogP contribution in [-0.4, -0.2) is 32.6 Å². The van der Waals surface area contributed by atoms with Gasteiger partial charge in [-0.2, -0.15) is 0 Å². The van der Waals surface area contributed by atoms with E-state index < -0.39 is 0 Å². The van der Waals surface area contributed by atoms with E-state index in [-0.39, 0.29) is 0 Å². The van der Waals surface area contributed by atoms with Crippen molar-refractivity contribution in [3.05, 3.63) is 79.2 Å². The summed E-state index contributed by atoms with van der Waals surface area (Å²) in [6, 6.07) is 12.5. The van der Waals surface area contributed by atoms with Gasteiger partial charge in [0.25, 0.3) is 0 Å². The molecule has 0 amide bonds. The molecule has 1 fully saturated rings. The van der Waals surface area contributed by atoms with Crippen LogP contribution in [0.5, 0.6) is 0 Å². The number of benzene rings is 1. The molecule has 3 aromatic heterocycles. The second kappa shape index (κ2) is 7.72. The van der Waals surface area contributed by atoms with Crippen molar-refractivity contribution in [2.24, 2.45) is 13.0 Å². The summed E-state index contributed by atoms with van der Waals surface area (Å²) in [6.45, 7) is 6.37. The lowest BCUT2D eigenvalue weighted by Gasteiger charge is -2.26. The minimum atomic E-state index is 0.685. The summed E-state index contributed by atoms with van der Waals surface area (Å²) >= 11 is 0. The van der Waals surface area contributed by atoms with Crippen LogP contribution < -0.4 is 10.6 Å². The smallest absolute Gasteiger partial charge is 0.130 e. The number of nitrogens with one attached hydrogen (secondary N) is 2. The van der Waals surface area contributed by atoms with Crippen molar-refractivity contribution in [1.29, 1.82) is 0 Å². The maximum Gasteiger partial charge on any atom is 0.130 e. The number of aromatic nitrogens is 4. The third-order valence-corrected chi connectivity index (χ3v) is 5.64. The van der Waals surface area contributed by atoms with Crippen LogP contribution in [0.15, 0.2) is 67.9 Å². The molecule has 6 heteroatoms. The first-order valence-corrected chi connectivity index (χ1v) is 10.1. The van der Waals surface area contributed by atoms with Gasteiger partial charge in [0.15, 0.2) is 0 Å². The predicted octanol–water partition coefficient (Wildman–Crippen LogP) is 3.88. The predicted molar refractivity (Wildman–Crippen MR) is 121 cm³/mol. The van der Waals surface area contributed by atoms with E-state index in [1.165, 1.54) is 0 Å². The third-order valence-electron chi connectivity index (χ3n) is 5.64. The largest absolute Gasteiger partial charge is 0.340 e. The van der Waals surface area contributed by atoms with Gasteiger partial charge >= 0.3 is 0 Å². The minimum absolute atomic E-state index is 0.685. The van der Waals surface area contributed by atoms with E-state index in [2.05, 4.69) is 62.5 Å². The molecule has 1 saturated heterocycles. The molecule has 0 unspecified atom stereocenters. The van der Waals surface area contributed by atoms with Crippen molar-refractivity contribution >= 4 is 22.3 Å². The van der Waals surface area contributed by atoms with Gasteiger partial charge in [-0.05, 0) is 55.1 Å².